The minimum atomic E-state index is -0.896. The molecule has 3 aromatic rings. The molecule has 3 N–H and O–H groups in total. The van der Waals surface area contributed by atoms with E-state index in [-0.39, 0.29) is 11.8 Å². The smallest absolute Gasteiger partial charge is 0.325 e. The van der Waals surface area contributed by atoms with Crippen molar-refractivity contribution in [2.45, 2.75) is 33.4 Å². The van der Waals surface area contributed by atoms with E-state index >= 15 is 0 Å². The van der Waals surface area contributed by atoms with Gasteiger partial charge in [-0.2, -0.15) is 0 Å². The Morgan fingerprint density at radius 2 is 1.97 bits per heavy atom. The summed E-state index contributed by atoms with van der Waals surface area (Å²) in [4.78, 5) is 31.8. The maximum Gasteiger partial charge on any atom is 0.325 e. The van der Waals surface area contributed by atoms with Crippen molar-refractivity contribution < 1.29 is 19.3 Å². The molecule has 3 heterocycles. The number of aromatic amines is 1. The van der Waals surface area contributed by atoms with Gasteiger partial charge in [0, 0.05) is 67.0 Å². The van der Waals surface area contributed by atoms with Crippen LogP contribution >= 0.6 is 0 Å². The predicted molar refractivity (Wildman–Crippen MR) is 118 cm³/mol. The molecule has 2 aromatic heterocycles. The van der Waals surface area contributed by atoms with Gasteiger partial charge in [0.05, 0.1) is 0 Å². The first-order chi connectivity index (χ1) is 15.3. The summed E-state index contributed by atoms with van der Waals surface area (Å²) >= 11 is 0. The lowest BCUT2D eigenvalue weighted by atomic mass is 10.0. The number of aromatic nitrogens is 3. The fourth-order valence-corrected chi connectivity index (χ4v) is 4.00. The summed E-state index contributed by atoms with van der Waals surface area (Å²) in [5, 5.41) is 21.5. The van der Waals surface area contributed by atoms with Crippen LogP contribution in [0.4, 0.5) is 5.69 Å². The topological polar surface area (TPSA) is 128 Å². The molecule has 0 saturated carbocycles. The molecule has 10 nitrogen and oxygen atoms in total. The largest absolute Gasteiger partial charge is 0.480 e. The summed E-state index contributed by atoms with van der Waals surface area (Å²) in [6, 6.07) is 4.74. The van der Waals surface area contributed by atoms with Gasteiger partial charge in [0.1, 0.15) is 17.4 Å². The van der Waals surface area contributed by atoms with E-state index in [2.05, 4.69) is 25.5 Å². The number of aryl methyl sites for hydroxylation is 1. The van der Waals surface area contributed by atoms with Gasteiger partial charge in [-0.25, -0.2) is 4.63 Å². The lowest BCUT2D eigenvalue weighted by Crippen LogP contribution is -2.48. The SMILES string of the molecule is Cc1nonc1CN1CCN([C@H](C(=O)O)c2c[nH]c3ccc(NC(=O)C(C)C)cc23)CC1. The summed E-state index contributed by atoms with van der Waals surface area (Å²) in [5.41, 5.74) is 3.76. The van der Waals surface area contributed by atoms with Gasteiger partial charge in [-0.3, -0.25) is 19.4 Å². The van der Waals surface area contributed by atoms with Crippen molar-refractivity contribution in [3.8, 4) is 0 Å². The molecule has 0 spiro atoms. The number of hydrogen-bond donors (Lipinski definition) is 3. The average molecular weight is 441 g/mol. The molecule has 0 unspecified atom stereocenters. The Morgan fingerprint density at radius 1 is 1.22 bits per heavy atom. The van der Waals surface area contributed by atoms with Crippen LogP contribution in [0.25, 0.3) is 10.9 Å². The summed E-state index contributed by atoms with van der Waals surface area (Å²) in [7, 11) is 0. The van der Waals surface area contributed by atoms with Gasteiger partial charge in [-0.15, -0.1) is 0 Å². The minimum absolute atomic E-state index is 0.0788. The highest BCUT2D eigenvalue weighted by atomic mass is 16.6. The third-order valence-corrected chi connectivity index (χ3v) is 5.93. The van der Waals surface area contributed by atoms with Gasteiger partial charge < -0.3 is 15.4 Å². The van der Waals surface area contributed by atoms with E-state index in [0.717, 1.165) is 22.3 Å². The van der Waals surface area contributed by atoms with E-state index in [1.165, 1.54) is 0 Å². The zero-order valence-corrected chi connectivity index (χ0v) is 18.5. The number of aliphatic carboxylic acids is 1. The van der Waals surface area contributed by atoms with Crippen LogP contribution < -0.4 is 5.32 Å². The Hall–Kier alpha value is -3.24. The molecule has 0 radical (unpaired) electrons. The number of benzene rings is 1. The normalized spacial score (nSPS) is 16.5. The minimum Gasteiger partial charge on any atom is -0.480 e. The van der Waals surface area contributed by atoms with E-state index in [1.54, 1.807) is 6.20 Å². The Morgan fingerprint density at radius 3 is 2.59 bits per heavy atom. The van der Waals surface area contributed by atoms with E-state index in [4.69, 9.17) is 4.63 Å². The lowest BCUT2D eigenvalue weighted by molar-refractivity contribution is -0.144. The summed E-state index contributed by atoms with van der Waals surface area (Å²) in [6.45, 7) is 8.80. The Kier molecular flexibility index (Phi) is 6.24. The standard InChI is InChI=1S/C22H28N6O4/c1-13(2)21(29)24-15-4-5-18-16(10-15)17(11-23-18)20(22(30)31)28-8-6-27(7-9-28)12-19-14(3)25-32-26-19/h4-5,10-11,13,20,23H,6-9,12H2,1-3H3,(H,24,29)(H,30,31)/t20-/m0/s1. The number of H-pyrrole nitrogens is 1. The molecule has 0 bridgehead atoms. The number of carbonyl (C=O) groups excluding carboxylic acids is 1. The highest BCUT2D eigenvalue weighted by Crippen LogP contribution is 2.31. The first-order valence-corrected chi connectivity index (χ1v) is 10.7. The number of fused-ring (bicyclic) bond motifs is 1. The number of hydrogen-bond acceptors (Lipinski definition) is 7. The molecule has 1 saturated heterocycles. The lowest BCUT2D eigenvalue weighted by Gasteiger charge is -2.37. The molecule has 170 valence electrons. The maximum atomic E-state index is 12.3. The molecule has 0 aliphatic carbocycles. The van der Waals surface area contributed by atoms with Crippen LogP contribution in [-0.4, -0.2) is 68.3 Å². The van der Waals surface area contributed by atoms with Crippen molar-refractivity contribution >= 4 is 28.5 Å². The van der Waals surface area contributed by atoms with Crippen LogP contribution in [-0.2, 0) is 16.1 Å². The van der Waals surface area contributed by atoms with Crippen molar-refractivity contribution in [3.63, 3.8) is 0 Å². The number of nitrogens with zero attached hydrogens (tertiary/aromatic N) is 4. The second kappa shape index (κ2) is 9.09. The molecule has 1 aromatic carbocycles. The Bertz CT molecular complexity index is 1110. The zero-order chi connectivity index (χ0) is 22.8. The van der Waals surface area contributed by atoms with Gasteiger partial charge in [0.2, 0.25) is 5.91 Å². The highest BCUT2D eigenvalue weighted by molar-refractivity contribution is 5.96. The van der Waals surface area contributed by atoms with Gasteiger partial charge in [-0.05, 0) is 25.1 Å². The van der Waals surface area contributed by atoms with Gasteiger partial charge >= 0.3 is 5.97 Å². The van der Waals surface area contributed by atoms with E-state index in [9.17, 15) is 14.7 Å². The van der Waals surface area contributed by atoms with E-state index in [0.29, 0.717) is 44.0 Å². The number of anilines is 1. The molecule has 10 heteroatoms. The van der Waals surface area contributed by atoms with Crippen molar-refractivity contribution in [2.24, 2.45) is 5.92 Å². The number of carbonyl (C=O) groups is 2. The first kappa shape index (κ1) is 22.0. The van der Waals surface area contributed by atoms with Crippen LogP contribution in [0.2, 0.25) is 0 Å². The molecule has 1 aliphatic heterocycles. The highest BCUT2D eigenvalue weighted by Gasteiger charge is 2.32. The van der Waals surface area contributed by atoms with Crippen molar-refractivity contribution in [1.29, 1.82) is 0 Å². The van der Waals surface area contributed by atoms with E-state index in [1.807, 2.05) is 43.9 Å². The average Bonchev–Trinajstić information content (AvgIpc) is 3.35. The second-order valence-corrected chi connectivity index (χ2v) is 8.50. The summed E-state index contributed by atoms with van der Waals surface area (Å²) in [5.74, 6) is -1.12. The fraction of sp³-hybridized carbons (Fsp3) is 0.455. The first-order valence-electron chi connectivity index (χ1n) is 10.7. The van der Waals surface area contributed by atoms with E-state index < -0.39 is 12.0 Å². The molecule has 1 fully saturated rings. The fourth-order valence-electron chi connectivity index (χ4n) is 4.00. The number of carboxylic acid groups (broad SMARTS) is 1. The summed E-state index contributed by atoms with van der Waals surface area (Å²) in [6.07, 6.45) is 1.76. The molecular weight excluding hydrogens is 412 g/mol. The van der Waals surface area contributed by atoms with Gasteiger partial charge in [0.15, 0.2) is 0 Å². The zero-order valence-electron chi connectivity index (χ0n) is 18.5. The number of carboxylic acids is 1. The number of nitrogens with one attached hydrogen (secondary N) is 2. The van der Waals surface area contributed by atoms with Crippen LogP contribution in [0, 0.1) is 12.8 Å². The van der Waals surface area contributed by atoms with Crippen LogP contribution in [0.1, 0.15) is 36.8 Å². The number of rotatable bonds is 7. The van der Waals surface area contributed by atoms with Crippen LogP contribution in [0.3, 0.4) is 0 Å². The maximum absolute atomic E-state index is 12.3. The molecule has 4 rings (SSSR count). The monoisotopic (exact) mass is 440 g/mol. The van der Waals surface area contributed by atoms with Crippen LogP contribution in [0.15, 0.2) is 29.0 Å². The van der Waals surface area contributed by atoms with Crippen molar-refractivity contribution in [2.75, 3.05) is 31.5 Å². The second-order valence-electron chi connectivity index (χ2n) is 8.50. The van der Waals surface area contributed by atoms with Crippen LogP contribution in [0.5, 0.6) is 0 Å². The number of amides is 1. The third kappa shape index (κ3) is 4.51. The van der Waals surface area contributed by atoms with Crippen molar-refractivity contribution in [1.82, 2.24) is 25.1 Å². The van der Waals surface area contributed by atoms with Gasteiger partial charge in [-0.1, -0.05) is 24.2 Å². The van der Waals surface area contributed by atoms with Crippen molar-refractivity contribution in [3.05, 3.63) is 41.3 Å². The van der Waals surface area contributed by atoms with Gasteiger partial charge in [0.25, 0.3) is 0 Å². The third-order valence-electron chi connectivity index (χ3n) is 5.93. The Labute approximate surface area is 185 Å². The Balaban J connectivity index is 1.52. The molecule has 32 heavy (non-hydrogen) atoms. The summed E-state index contributed by atoms with van der Waals surface area (Å²) < 4.78 is 4.77. The molecule has 1 amide bonds. The quantitative estimate of drug-likeness (QED) is 0.511. The predicted octanol–water partition coefficient (Wildman–Crippen LogP) is 2.40. The molecular formula is C22H28N6O4. The number of piperazine rings is 1. The molecule has 1 atom stereocenters. The molecule has 1 aliphatic rings.